The molecular formula is C27H49NO17. The highest BCUT2D eigenvalue weighted by molar-refractivity contribution is 5.02. The molecule has 0 aromatic heterocycles. The Morgan fingerprint density at radius 2 is 1.16 bits per heavy atom. The average Bonchev–Trinajstić information content (AvgIpc) is 3.25. The molecule has 0 aromatic carbocycles. The van der Waals surface area contributed by atoms with Crippen molar-refractivity contribution in [1.82, 2.24) is 5.48 Å². The lowest BCUT2D eigenvalue weighted by molar-refractivity contribution is -0.312. The summed E-state index contributed by atoms with van der Waals surface area (Å²) in [5, 5.41) is 103. The normalized spacial score (nSPS) is 46.8. The van der Waals surface area contributed by atoms with Gasteiger partial charge in [0.25, 0.3) is 0 Å². The number of ether oxygens (including phenoxy) is 7. The molecule has 16 atom stereocenters. The number of aliphatic hydroxyl groups excluding tert-OH is 9. The zero-order valence-electron chi connectivity index (χ0n) is 25.6. The van der Waals surface area contributed by atoms with E-state index in [1.165, 1.54) is 0 Å². The van der Waals surface area contributed by atoms with Crippen molar-refractivity contribution in [2.24, 2.45) is 0 Å². The number of hydroxylamine groups is 1. The fourth-order valence-corrected chi connectivity index (χ4v) is 6.36. The van der Waals surface area contributed by atoms with Crippen LogP contribution in [0.5, 0.6) is 0 Å². The molecule has 18 heteroatoms. The smallest absolute Gasteiger partial charge is 0.187 e. The van der Waals surface area contributed by atoms with Gasteiger partial charge in [0.2, 0.25) is 0 Å². The molecule has 264 valence electrons. The maximum absolute atomic E-state index is 11.1. The van der Waals surface area contributed by atoms with E-state index in [2.05, 4.69) is 0 Å². The highest BCUT2D eigenvalue weighted by Gasteiger charge is 2.54. The summed E-state index contributed by atoms with van der Waals surface area (Å²) in [7, 11) is 0. The van der Waals surface area contributed by atoms with E-state index in [0.717, 1.165) is 0 Å². The van der Waals surface area contributed by atoms with E-state index in [1.54, 1.807) is 27.7 Å². The van der Waals surface area contributed by atoms with Gasteiger partial charge in [-0.2, -0.15) is 0 Å². The van der Waals surface area contributed by atoms with Crippen molar-refractivity contribution in [1.29, 1.82) is 0 Å². The molecule has 18 nitrogen and oxygen atoms in total. The number of rotatable bonds is 11. The molecule has 8 unspecified atom stereocenters. The van der Waals surface area contributed by atoms with Crippen LogP contribution in [0.4, 0.5) is 0 Å². The molecule has 4 saturated heterocycles. The highest BCUT2D eigenvalue weighted by Crippen LogP contribution is 2.36. The predicted molar refractivity (Wildman–Crippen MR) is 146 cm³/mol. The van der Waals surface area contributed by atoms with Gasteiger partial charge in [-0.3, -0.25) is 0 Å². The molecule has 0 aromatic rings. The largest absolute Gasteiger partial charge is 0.394 e. The highest BCUT2D eigenvalue weighted by atomic mass is 16.7. The molecule has 4 aliphatic rings. The van der Waals surface area contributed by atoms with Crippen molar-refractivity contribution in [3.63, 3.8) is 0 Å². The van der Waals surface area contributed by atoms with Crippen molar-refractivity contribution >= 4 is 0 Å². The fourth-order valence-electron chi connectivity index (χ4n) is 6.36. The Labute approximate surface area is 259 Å². The topological polar surface area (TPSA) is 279 Å². The van der Waals surface area contributed by atoms with E-state index < -0.39 is 116 Å². The van der Waals surface area contributed by atoms with Gasteiger partial charge in [-0.1, -0.05) is 0 Å². The van der Waals surface area contributed by atoms with Gasteiger partial charge in [-0.25, -0.2) is 5.48 Å². The summed E-state index contributed by atoms with van der Waals surface area (Å²) >= 11 is 0. The number of hydrogen-bond acceptors (Lipinski definition) is 18. The maximum Gasteiger partial charge on any atom is 0.187 e. The van der Waals surface area contributed by atoms with Crippen LogP contribution in [0, 0.1) is 0 Å². The summed E-state index contributed by atoms with van der Waals surface area (Å²) in [6, 6.07) is 0. The first-order valence-corrected chi connectivity index (χ1v) is 15.0. The molecule has 45 heavy (non-hydrogen) atoms. The molecule has 11 N–H and O–H groups in total. The van der Waals surface area contributed by atoms with Crippen LogP contribution >= 0.6 is 0 Å². The second-order valence-corrected chi connectivity index (χ2v) is 13.1. The van der Waals surface area contributed by atoms with Crippen LogP contribution in [0.3, 0.4) is 0 Å². The Hall–Kier alpha value is -0.720. The van der Waals surface area contributed by atoms with Crippen LogP contribution in [-0.4, -0.2) is 193 Å². The maximum atomic E-state index is 11.1. The standard InChI is InChI=1S/C27H49NO17/c1-26(2,44-13-8-39-11(5-28-38)15(31)17(13)33)23-19(35)18(34)14(9-41-23)45-27(3,4)24-21(37)22(10(30)7-40-24)43-25-20(36)16(32)12(6-29)42-25/h10-25,28-38H,5-9H2,1-4H3/t10-,11+,12+,13-,14-,15?,16?,17?,18?,19?,20?,21?,22?,23-,24-,25+/m1/s1. The summed E-state index contributed by atoms with van der Waals surface area (Å²) in [6.45, 7) is 4.87. The summed E-state index contributed by atoms with van der Waals surface area (Å²) in [6.07, 6.45) is -20.9. The van der Waals surface area contributed by atoms with Gasteiger partial charge >= 0.3 is 0 Å². The Morgan fingerprint density at radius 3 is 1.71 bits per heavy atom. The van der Waals surface area contributed by atoms with E-state index in [-0.39, 0.29) is 26.4 Å². The minimum atomic E-state index is -1.55. The molecule has 0 bridgehead atoms. The molecule has 4 fully saturated rings. The third-order valence-electron chi connectivity index (χ3n) is 8.90. The first-order valence-electron chi connectivity index (χ1n) is 15.0. The van der Waals surface area contributed by atoms with Gasteiger partial charge in [0.1, 0.15) is 91.6 Å². The average molecular weight is 660 g/mol. The van der Waals surface area contributed by atoms with Crippen LogP contribution in [-0.2, 0) is 33.2 Å². The second kappa shape index (κ2) is 14.8. The van der Waals surface area contributed by atoms with Crippen LogP contribution in [0.2, 0.25) is 0 Å². The Kier molecular flexibility index (Phi) is 12.2. The van der Waals surface area contributed by atoms with Crippen molar-refractivity contribution in [3.8, 4) is 0 Å². The van der Waals surface area contributed by atoms with Crippen molar-refractivity contribution in [3.05, 3.63) is 0 Å². The van der Waals surface area contributed by atoms with Crippen molar-refractivity contribution in [2.45, 2.75) is 137 Å². The lowest BCUT2D eigenvalue weighted by atomic mass is 9.86. The van der Waals surface area contributed by atoms with Crippen LogP contribution < -0.4 is 5.48 Å². The summed E-state index contributed by atoms with van der Waals surface area (Å²) in [5.74, 6) is 0. The number of hydrogen-bond donors (Lipinski definition) is 11. The SMILES string of the molecule is CC(C)(O[C@@H]1CO[C@@H](C(C)(C)O[C@@H]2CO[C@@H](CNO)C(O)C2O)C(O)C1O)[C@@H]1OC[C@@H](O)C(O[C@@H]2O[C@@H](CO)C(O)C2O)C1O. The molecule has 0 aliphatic carbocycles. The molecule has 4 aliphatic heterocycles. The van der Waals surface area contributed by atoms with E-state index in [9.17, 15) is 46.0 Å². The van der Waals surface area contributed by atoms with E-state index in [1.807, 2.05) is 5.48 Å². The second-order valence-electron chi connectivity index (χ2n) is 13.1. The fraction of sp³-hybridized carbons (Fsp3) is 1.00. The lowest BCUT2D eigenvalue weighted by Crippen LogP contribution is -2.66. The molecule has 4 heterocycles. The minimum absolute atomic E-state index is 0.118. The van der Waals surface area contributed by atoms with Crippen molar-refractivity contribution in [2.75, 3.05) is 33.0 Å². The third-order valence-corrected chi connectivity index (χ3v) is 8.90. The molecule has 4 rings (SSSR count). The van der Waals surface area contributed by atoms with Gasteiger partial charge < -0.3 is 84.3 Å². The molecule has 0 spiro atoms. The monoisotopic (exact) mass is 659 g/mol. The number of nitrogens with one attached hydrogen (secondary N) is 1. The summed E-state index contributed by atoms with van der Waals surface area (Å²) < 4.78 is 40.1. The summed E-state index contributed by atoms with van der Waals surface area (Å²) in [5.41, 5.74) is -0.804. The Balaban J connectivity index is 1.36. The van der Waals surface area contributed by atoms with Gasteiger partial charge in [0.15, 0.2) is 6.29 Å². The van der Waals surface area contributed by atoms with E-state index in [4.69, 9.17) is 38.4 Å². The zero-order chi connectivity index (χ0) is 33.4. The Morgan fingerprint density at radius 1 is 0.644 bits per heavy atom. The van der Waals surface area contributed by atoms with E-state index in [0.29, 0.717) is 0 Å². The van der Waals surface area contributed by atoms with Gasteiger partial charge in [0.05, 0.1) is 37.6 Å². The van der Waals surface area contributed by atoms with Crippen LogP contribution in [0.25, 0.3) is 0 Å². The molecule has 0 radical (unpaired) electrons. The Bertz CT molecular complexity index is 945. The van der Waals surface area contributed by atoms with Crippen LogP contribution in [0.15, 0.2) is 0 Å². The first-order chi connectivity index (χ1) is 21.0. The first kappa shape index (κ1) is 37.1. The predicted octanol–water partition coefficient (Wildman–Crippen LogP) is -5.52. The van der Waals surface area contributed by atoms with Gasteiger partial charge in [0, 0.05) is 6.54 Å². The lowest BCUT2D eigenvalue weighted by Gasteiger charge is -2.50. The molecule has 0 saturated carbocycles. The number of aliphatic hydroxyl groups is 9. The van der Waals surface area contributed by atoms with Crippen LogP contribution in [0.1, 0.15) is 27.7 Å². The van der Waals surface area contributed by atoms with E-state index >= 15 is 0 Å². The van der Waals surface area contributed by atoms with Gasteiger partial charge in [-0.05, 0) is 27.7 Å². The summed E-state index contributed by atoms with van der Waals surface area (Å²) in [4.78, 5) is 0. The van der Waals surface area contributed by atoms with Gasteiger partial charge in [-0.15, -0.1) is 0 Å². The third kappa shape index (κ3) is 7.79. The zero-order valence-corrected chi connectivity index (χ0v) is 25.6. The molecule has 0 amide bonds. The minimum Gasteiger partial charge on any atom is -0.394 e. The quantitative estimate of drug-likeness (QED) is 0.0923. The van der Waals surface area contributed by atoms with Crippen molar-refractivity contribution < 1.29 is 84.3 Å². The molecular weight excluding hydrogens is 610 g/mol.